The molecule has 0 fully saturated rings. The van der Waals surface area contributed by atoms with Gasteiger partial charge in [0.25, 0.3) is 0 Å². The highest BCUT2D eigenvalue weighted by atomic mass is 32.9. The van der Waals surface area contributed by atoms with Crippen molar-refractivity contribution < 1.29 is 18.6 Å². The number of carbonyl (C=O) groups is 1. The molecule has 8 heteroatoms. The van der Waals surface area contributed by atoms with E-state index < -0.39 is 11.7 Å². The van der Waals surface area contributed by atoms with E-state index in [-0.39, 0.29) is 12.5 Å². The van der Waals surface area contributed by atoms with Gasteiger partial charge in [0, 0.05) is 6.42 Å². The smallest absolute Gasteiger partial charge is 0.338 e. The van der Waals surface area contributed by atoms with Crippen LogP contribution in [0.2, 0.25) is 0 Å². The first-order valence-electron chi connectivity index (χ1n) is 8.05. The standard InChI is InChI=1S/C17H24NO4PS2/c1-5-21-23(24,25)22-8-6-7-20-17(19)16-10-14(11-18)15(12(2)3)9-13(16)4/h9-10,12H,5-8H2,1-4H3,(H,24,25). The van der Waals surface area contributed by atoms with Crippen molar-refractivity contribution in [1.29, 1.82) is 5.26 Å². The summed E-state index contributed by atoms with van der Waals surface area (Å²) in [6.07, 6.45) is 0.492. The molecular weight excluding hydrogens is 377 g/mol. The van der Waals surface area contributed by atoms with Crippen molar-refractivity contribution in [3.63, 3.8) is 0 Å². The number of hydrogen-bond donors (Lipinski definition) is 1. The zero-order chi connectivity index (χ0) is 19.0. The predicted octanol–water partition coefficient (Wildman–Crippen LogP) is 4.74. The highest BCUT2D eigenvalue weighted by Gasteiger charge is 2.16. The first kappa shape index (κ1) is 22.1. The fraction of sp³-hybridized carbons (Fsp3) is 0.529. The molecule has 1 aromatic rings. The van der Waals surface area contributed by atoms with Crippen molar-refractivity contribution >= 4 is 35.7 Å². The second-order valence-corrected chi connectivity index (χ2v) is 11.0. The molecule has 0 saturated carbocycles. The summed E-state index contributed by atoms with van der Waals surface area (Å²) < 4.78 is 15.9. The minimum Gasteiger partial charge on any atom is -0.462 e. The minimum absolute atomic E-state index is 0.196. The van der Waals surface area contributed by atoms with Gasteiger partial charge in [0.2, 0.25) is 5.69 Å². The molecule has 1 rings (SSSR count). The van der Waals surface area contributed by atoms with E-state index in [1.165, 1.54) is 0 Å². The van der Waals surface area contributed by atoms with E-state index in [2.05, 4.69) is 18.3 Å². The Morgan fingerprint density at radius 1 is 1.36 bits per heavy atom. The van der Waals surface area contributed by atoms with Crippen LogP contribution in [-0.2, 0) is 25.6 Å². The lowest BCUT2D eigenvalue weighted by molar-refractivity contribution is 0.0485. The number of benzene rings is 1. The molecule has 0 aliphatic rings. The maximum absolute atomic E-state index is 12.3. The van der Waals surface area contributed by atoms with Crippen molar-refractivity contribution in [2.45, 2.75) is 40.0 Å². The molecule has 0 spiro atoms. The van der Waals surface area contributed by atoms with Crippen LogP contribution in [0.5, 0.6) is 0 Å². The fourth-order valence-corrected chi connectivity index (χ4v) is 4.10. The average Bonchev–Trinajstić information content (AvgIpc) is 2.53. The summed E-state index contributed by atoms with van der Waals surface area (Å²) in [5.41, 5.74) is 0.147. The van der Waals surface area contributed by atoms with Crippen LogP contribution in [0.3, 0.4) is 0 Å². The largest absolute Gasteiger partial charge is 0.462 e. The van der Waals surface area contributed by atoms with Gasteiger partial charge in [-0.3, -0.25) is 0 Å². The Balaban J connectivity index is 2.61. The quantitative estimate of drug-likeness (QED) is 0.279. The molecule has 25 heavy (non-hydrogen) atoms. The van der Waals surface area contributed by atoms with Crippen molar-refractivity contribution in [3.05, 3.63) is 34.4 Å². The molecule has 0 N–H and O–H groups in total. The summed E-state index contributed by atoms with van der Waals surface area (Å²) in [6, 6.07) is 5.63. The molecule has 0 radical (unpaired) electrons. The number of esters is 1. The molecule has 0 aliphatic heterocycles. The van der Waals surface area contributed by atoms with E-state index in [0.717, 1.165) is 11.1 Å². The Bertz CT molecular complexity index is 701. The minimum atomic E-state index is -2.50. The maximum atomic E-state index is 12.3. The zero-order valence-electron chi connectivity index (χ0n) is 14.9. The number of nitrogens with zero attached hydrogens (tertiary/aromatic N) is 1. The van der Waals surface area contributed by atoms with Crippen LogP contribution in [0.4, 0.5) is 0 Å². The first-order valence-corrected chi connectivity index (χ1v) is 11.8. The Kier molecular flexibility index (Phi) is 9.12. The molecule has 1 atom stereocenters. The lowest BCUT2D eigenvalue weighted by Crippen LogP contribution is -2.11. The highest BCUT2D eigenvalue weighted by Crippen LogP contribution is 2.53. The van der Waals surface area contributed by atoms with E-state index in [4.69, 9.17) is 25.6 Å². The van der Waals surface area contributed by atoms with E-state index >= 15 is 0 Å². The van der Waals surface area contributed by atoms with Crippen LogP contribution < -0.4 is 0 Å². The molecule has 0 bridgehead atoms. The number of hydrogen-bond acceptors (Lipinski definition) is 6. The molecule has 0 saturated heterocycles. The normalized spacial score (nSPS) is 13.3. The topological polar surface area (TPSA) is 68.6 Å². The van der Waals surface area contributed by atoms with E-state index in [1.54, 1.807) is 6.07 Å². The molecule has 0 aliphatic carbocycles. The number of nitriles is 1. The summed E-state index contributed by atoms with van der Waals surface area (Å²) in [4.78, 5) is 12.3. The number of rotatable bonds is 9. The van der Waals surface area contributed by atoms with Crippen molar-refractivity contribution in [2.24, 2.45) is 0 Å². The van der Waals surface area contributed by atoms with Gasteiger partial charge in [-0.05, 0) is 48.8 Å². The third-order valence-corrected chi connectivity index (χ3v) is 5.85. The second-order valence-electron chi connectivity index (χ2n) is 5.73. The molecule has 0 heterocycles. The van der Waals surface area contributed by atoms with Gasteiger partial charge in [-0.1, -0.05) is 32.2 Å². The van der Waals surface area contributed by atoms with Gasteiger partial charge in [-0.25, -0.2) is 4.79 Å². The third-order valence-electron chi connectivity index (χ3n) is 3.43. The van der Waals surface area contributed by atoms with Crippen molar-refractivity contribution in [2.75, 3.05) is 19.8 Å². The highest BCUT2D eigenvalue weighted by molar-refractivity contribution is 8.60. The van der Waals surface area contributed by atoms with Crippen LogP contribution in [0, 0.1) is 18.3 Å². The average molecular weight is 401 g/mol. The molecule has 0 amide bonds. The van der Waals surface area contributed by atoms with Gasteiger partial charge >= 0.3 is 5.97 Å². The Morgan fingerprint density at radius 2 is 2.04 bits per heavy atom. The van der Waals surface area contributed by atoms with Crippen LogP contribution in [0.15, 0.2) is 12.1 Å². The van der Waals surface area contributed by atoms with Gasteiger partial charge in [0.15, 0.2) is 0 Å². The van der Waals surface area contributed by atoms with Crippen molar-refractivity contribution in [1.82, 2.24) is 0 Å². The van der Waals surface area contributed by atoms with Crippen LogP contribution in [0.25, 0.3) is 0 Å². The van der Waals surface area contributed by atoms with E-state index in [9.17, 15) is 10.1 Å². The molecule has 5 nitrogen and oxygen atoms in total. The molecular formula is C17H24NO4PS2. The molecule has 1 unspecified atom stereocenters. The molecule has 138 valence electrons. The van der Waals surface area contributed by atoms with Crippen LogP contribution >= 0.6 is 17.9 Å². The Hall–Kier alpha value is -0.900. The number of ether oxygens (including phenoxy) is 1. The van der Waals surface area contributed by atoms with Gasteiger partial charge in [0.05, 0.1) is 37.0 Å². The number of carbonyl (C=O) groups excluding carboxylic acids is 1. The summed E-state index contributed by atoms with van der Waals surface area (Å²) >= 11 is 9.26. The monoisotopic (exact) mass is 401 g/mol. The van der Waals surface area contributed by atoms with E-state index in [0.29, 0.717) is 30.8 Å². The van der Waals surface area contributed by atoms with Gasteiger partial charge in [0.1, 0.15) is 0 Å². The summed E-state index contributed by atoms with van der Waals surface area (Å²) in [6.45, 7) is 8.64. The summed E-state index contributed by atoms with van der Waals surface area (Å²) in [7, 11) is 0. The fourth-order valence-electron chi connectivity index (χ4n) is 2.21. The predicted molar refractivity (Wildman–Crippen MR) is 106 cm³/mol. The molecule has 0 aromatic heterocycles. The maximum Gasteiger partial charge on any atom is 0.338 e. The zero-order valence-corrected chi connectivity index (χ0v) is 17.5. The lowest BCUT2D eigenvalue weighted by atomic mass is 9.93. The van der Waals surface area contributed by atoms with Crippen molar-refractivity contribution in [3.8, 4) is 6.07 Å². The second kappa shape index (κ2) is 10.3. The van der Waals surface area contributed by atoms with Crippen LogP contribution in [-0.4, -0.2) is 25.8 Å². The van der Waals surface area contributed by atoms with Gasteiger partial charge < -0.3 is 13.8 Å². The number of aryl methyl sites for hydroxylation is 1. The molecule has 1 aromatic carbocycles. The third kappa shape index (κ3) is 7.08. The SMILES string of the molecule is CCOP(=S)(S)OCCCOC(=O)c1cc(C#N)c(C(C)C)cc1C. The number of thiol groups is 1. The van der Waals surface area contributed by atoms with Gasteiger partial charge in [-0.15, -0.1) is 0 Å². The summed E-state index contributed by atoms with van der Waals surface area (Å²) in [5, 5.41) is 9.29. The Morgan fingerprint density at radius 3 is 2.60 bits per heavy atom. The Labute approximate surface area is 160 Å². The summed E-state index contributed by atoms with van der Waals surface area (Å²) in [5.74, 6) is -0.233. The van der Waals surface area contributed by atoms with Crippen LogP contribution in [0.1, 0.15) is 60.2 Å². The van der Waals surface area contributed by atoms with Gasteiger partial charge in [-0.2, -0.15) is 5.26 Å². The van der Waals surface area contributed by atoms with E-state index in [1.807, 2.05) is 33.8 Å². The first-order chi connectivity index (χ1) is 11.7. The lowest BCUT2D eigenvalue weighted by Gasteiger charge is -2.15.